The van der Waals surface area contributed by atoms with Crippen LogP contribution in [0.3, 0.4) is 0 Å². The molecule has 1 heterocycles. The van der Waals surface area contributed by atoms with Crippen LogP contribution >= 0.6 is 0 Å². The minimum absolute atomic E-state index is 0. The summed E-state index contributed by atoms with van der Waals surface area (Å²) in [6.45, 7) is 1.40. The van der Waals surface area contributed by atoms with Gasteiger partial charge in [-0.2, -0.15) is 13.2 Å². The van der Waals surface area contributed by atoms with Gasteiger partial charge in [0.05, 0.1) is 22.8 Å². The lowest BCUT2D eigenvalue weighted by atomic mass is 10.2. The van der Waals surface area contributed by atoms with E-state index in [0.29, 0.717) is 11.5 Å². The van der Waals surface area contributed by atoms with Gasteiger partial charge in [0.1, 0.15) is 11.5 Å². The molecule has 0 fully saturated rings. The number of aromatic nitrogens is 2. The molecule has 0 saturated heterocycles. The van der Waals surface area contributed by atoms with Crippen molar-refractivity contribution in [2.45, 2.75) is 19.2 Å². The Balaban J connectivity index is 0.00000280. The minimum Gasteiger partial charge on any atom is -1.00 e. The fourth-order valence-electron chi connectivity index (χ4n) is 2.18. The molecule has 10 heteroatoms. The highest BCUT2D eigenvalue weighted by atomic mass is 35.5. The molecule has 1 atom stereocenters. The van der Waals surface area contributed by atoms with Gasteiger partial charge in [-0.3, -0.25) is 0 Å². The van der Waals surface area contributed by atoms with Crippen molar-refractivity contribution in [1.82, 2.24) is 9.97 Å². The number of carbonyl (C=O) groups is 1. The van der Waals surface area contributed by atoms with Crippen molar-refractivity contribution in [3.63, 3.8) is 0 Å². The molecule has 2 aromatic carbocycles. The van der Waals surface area contributed by atoms with Crippen molar-refractivity contribution in [3.8, 4) is 17.4 Å². The minimum atomic E-state index is -4.45. The number of ether oxygens (including phenoxy) is 2. The third kappa shape index (κ3) is 5.01. The number of hydrogen-bond donors (Lipinski definition) is 1. The Hall–Kier alpha value is -3.07. The summed E-state index contributed by atoms with van der Waals surface area (Å²) >= 11 is 0. The van der Waals surface area contributed by atoms with Crippen LogP contribution in [0.1, 0.15) is 12.5 Å². The summed E-state index contributed by atoms with van der Waals surface area (Å²) in [6, 6.07) is 9.21. The summed E-state index contributed by atoms with van der Waals surface area (Å²) in [5.74, 6) is -0.252. The zero-order valence-corrected chi connectivity index (χ0v) is 15.0. The summed E-state index contributed by atoms with van der Waals surface area (Å²) in [5, 5.41) is 8.81. The Morgan fingerprint density at radius 1 is 1.07 bits per heavy atom. The quantitative estimate of drug-likeness (QED) is 0.679. The van der Waals surface area contributed by atoms with E-state index in [9.17, 15) is 18.0 Å². The van der Waals surface area contributed by atoms with E-state index >= 15 is 0 Å². The average molecular weight is 414 g/mol. The van der Waals surface area contributed by atoms with Crippen molar-refractivity contribution < 1.29 is 45.0 Å². The number of alkyl halides is 3. The Kier molecular flexibility index (Phi) is 6.30. The van der Waals surface area contributed by atoms with Crippen LogP contribution in [0.2, 0.25) is 0 Å². The smallest absolute Gasteiger partial charge is 0.416 e. The number of benzene rings is 2. The number of carboxylic acids is 1. The van der Waals surface area contributed by atoms with E-state index in [4.69, 9.17) is 14.6 Å². The zero-order valence-electron chi connectivity index (χ0n) is 14.3. The number of rotatable bonds is 5. The van der Waals surface area contributed by atoms with Gasteiger partial charge < -0.3 is 27.0 Å². The lowest BCUT2D eigenvalue weighted by Gasteiger charge is -2.11. The van der Waals surface area contributed by atoms with Crippen molar-refractivity contribution in [2.24, 2.45) is 0 Å². The highest BCUT2D eigenvalue weighted by molar-refractivity contribution is 5.75. The Labute approximate surface area is 163 Å². The van der Waals surface area contributed by atoms with Gasteiger partial charge in [0, 0.05) is 0 Å². The first-order chi connectivity index (χ1) is 12.7. The van der Waals surface area contributed by atoms with Gasteiger partial charge in [-0.05, 0) is 49.4 Å². The van der Waals surface area contributed by atoms with Crippen LogP contribution in [0.5, 0.6) is 17.4 Å². The molecule has 0 saturated carbocycles. The summed E-state index contributed by atoms with van der Waals surface area (Å²) in [4.78, 5) is 18.8. The molecule has 0 bridgehead atoms. The highest BCUT2D eigenvalue weighted by Crippen LogP contribution is 2.31. The molecule has 1 unspecified atom stereocenters. The van der Waals surface area contributed by atoms with Crippen LogP contribution in [0, 0.1) is 0 Å². The van der Waals surface area contributed by atoms with E-state index in [2.05, 4.69) is 9.97 Å². The lowest BCUT2D eigenvalue weighted by Crippen LogP contribution is -3.00. The van der Waals surface area contributed by atoms with E-state index < -0.39 is 23.8 Å². The molecule has 1 N–H and O–H groups in total. The summed E-state index contributed by atoms with van der Waals surface area (Å²) in [7, 11) is 0. The molecule has 6 nitrogen and oxygen atoms in total. The van der Waals surface area contributed by atoms with Gasteiger partial charge in [-0.1, -0.05) is 0 Å². The van der Waals surface area contributed by atoms with Gasteiger partial charge in [0.15, 0.2) is 6.10 Å². The van der Waals surface area contributed by atoms with Crippen LogP contribution in [0.25, 0.3) is 11.0 Å². The third-order valence-corrected chi connectivity index (χ3v) is 3.55. The molecular weight excluding hydrogens is 401 g/mol. The first-order valence-electron chi connectivity index (χ1n) is 7.74. The predicted octanol–water partition coefficient (Wildman–Crippen LogP) is 1.30. The molecule has 0 amide bonds. The molecule has 0 aliphatic carbocycles. The van der Waals surface area contributed by atoms with Crippen LogP contribution < -0.4 is 21.9 Å². The Morgan fingerprint density at radius 3 is 2.32 bits per heavy atom. The Morgan fingerprint density at radius 2 is 1.71 bits per heavy atom. The number of nitrogens with zero attached hydrogens (tertiary/aromatic N) is 2. The summed E-state index contributed by atoms with van der Waals surface area (Å²) in [5.41, 5.74) is -0.441. The van der Waals surface area contributed by atoms with Crippen LogP contribution in [0.15, 0.2) is 48.7 Å². The summed E-state index contributed by atoms with van der Waals surface area (Å²) < 4.78 is 48.9. The lowest BCUT2D eigenvalue weighted by molar-refractivity contribution is -0.144. The molecule has 0 spiro atoms. The van der Waals surface area contributed by atoms with E-state index in [1.165, 1.54) is 31.3 Å². The molecule has 28 heavy (non-hydrogen) atoms. The van der Waals surface area contributed by atoms with Crippen LogP contribution in [-0.4, -0.2) is 27.1 Å². The van der Waals surface area contributed by atoms with Gasteiger partial charge in [0.25, 0.3) is 0 Å². The number of hydrogen-bond acceptors (Lipinski definition) is 5. The number of carboxylic acid groups (broad SMARTS) is 1. The summed E-state index contributed by atoms with van der Waals surface area (Å²) in [6.07, 6.45) is -4.23. The van der Waals surface area contributed by atoms with Crippen LogP contribution in [-0.2, 0) is 11.0 Å². The fraction of sp³-hybridized carbons (Fsp3) is 0.167. The average Bonchev–Trinajstić information content (AvgIpc) is 2.62. The second-order valence-electron chi connectivity index (χ2n) is 5.58. The van der Waals surface area contributed by atoms with Crippen molar-refractivity contribution in [3.05, 3.63) is 54.2 Å². The maximum atomic E-state index is 12.7. The molecule has 148 valence electrons. The zero-order chi connectivity index (χ0) is 19.6. The number of aliphatic carboxylic acids is 1. The monoisotopic (exact) mass is 413 g/mol. The topological polar surface area (TPSA) is 81.5 Å². The maximum Gasteiger partial charge on any atom is 0.416 e. The second kappa shape index (κ2) is 8.30. The third-order valence-electron chi connectivity index (χ3n) is 3.55. The van der Waals surface area contributed by atoms with Gasteiger partial charge >= 0.3 is 12.1 Å². The molecule has 1 aromatic heterocycles. The molecular formula is C18H13ClF3N2O4-. The predicted molar refractivity (Wildman–Crippen MR) is 88.8 cm³/mol. The van der Waals surface area contributed by atoms with E-state index in [-0.39, 0.29) is 29.3 Å². The fourth-order valence-corrected chi connectivity index (χ4v) is 2.18. The molecule has 3 rings (SSSR count). The molecule has 3 aromatic rings. The first-order valence-corrected chi connectivity index (χ1v) is 7.74. The highest BCUT2D eigenvalue weighted by Gasteiger charge is 2.30. The SMILES string of the molecule is CC(Oc1ccc(Oc2cnc3cc(C(F)(F)F)ccc3n2)cc1)C(=O)O.[Cl-]. The second-order valence-corrected chi connectivity index (χ2v) is 5.58. The van der Waals surface area contributed by atoms with E-state index in [1.54, 1.807) is 12.1 Å². The molecule has 0 aliphatic heterocycles. The van der Waals surface area contributed by atoms with E-state index in [1.807, 2.05) is 0 Å². The standard InChI is InChI=1S/C18H13F3N2O4.ClH/c1-10(17(24)25)26-12-3-5-13(6-4-12)27-16-9-22-15-8-11(18(19,20)21)2-7-14(15)23-16;/h2-10H,1H3,(H,24,25);1H/p-1. The van der Waals surface area contributed by atoms with E-state index in [0.717, 1.165) is 12.1 Å². The first kappa shape index (κ1) is 21.2. The van der Waals surface area contributed by atoms with Gasteiger partial charge in [0.2, 0.25) is 5.88 Å². The van der Waals surface area contributed by atoms with Crippen LogP contribution in [0.4, 0.5) is 13.2 Å². The normalized spacial score (nSPS) is 12.1. The van der Waals surface area contributed by atoms with Gasteiger partial charge in [-0.25, -0.2) is 14.8 Å². The van der Waals surface area contributed by atoms with Crippen molar-refractivity contribution in [1.29, 1.82) is 0 Å². The van der Waals surface area contributed by atoms with Crippen molar-refractivity contribution >= 4 is 17.0 Å². The largest absolute Gasteiger partial charge is 1.00 e. The molecule has 0 radical (unpaired) electrons. The van der Waals surface area contributed by atoms with Crippen molar-refractivity contribution in [2.75, 3.05) is 0 Å². The number of fused-ring (bicyclic) bond motifs is 1. The number of halogens is 4. The van der Waals surface area contributed by atoms with Gasteiger partial charge in [-0.15, -0.1) is 0 Å². The molecule has 0 aliphatic rings. The maximum absolute atomic E-state index is 12.7. The Bertz CT molecular complexity index is 981.